The highest BCUT2D eigenvalue weighted by atomic mass is 32.2. The molecule has 0 aliphatic carbocycles. The summed E-state index contributed by atoms with van der Waals surface area (Å²) in [5, 5.41) is 8.91. The molecule has 0 spiro atoms. The fourth-order valence-electron chi connectivity index (χ4n) is 1.76. The summed E-state index contributed by atoms with van der Waals surface area (Å²) in [5.41, 5.74) is 0.706. The smallest absolute Gasteiger partial charge is 0.339 e. The molecule has 92 valence electrons. The highest BCUT2D eigenvalue weighted by Gasteiger charge is 2.15. The van der Waals surface area contributed by atoms with Gasteiger partial charge in [-0.25, -0.2) is 14.8 Å². The summed E-state index contributed by atoms with van der Waals surface area (Å²) in [5.74, 6) is 1.92. The van der Waals surface area contributed by atoms with Crippen molar-refractivity contribution in [1.82, 2.24) is 9.97 Å². The van der Waals surface area contributed by atoms with E-state index < -0.39 is 5.97 Å². The summed E-state index contributed by atoms with van der Waals surface area (Å²) in [6.45, 7) is 3.58. The molecule has 0 amide bonds. The van der Waals surface area contributed by atoms with E-state index in [1.807, 2.05) is 11.8 Å². The van der Waals surface area contributed by atoms with Gasteiger partial charge in [-0.2, -0.15) is 11.8 Å². The van der Waals surface area contributed by atoms with Crippen LogP contribution in [0.3, 0.4) is 0 Å². The second-order valence-corrected chi connectivity index (χ2v) is 5.15. The molecule has 0 bridgehead atoms. The van der Waals surface area contributed by atoms with Crippen LogP contribution in [0.1, 0.15) is 22.5 Å². The topological polar surface area (TPSA) is 66.3 Å². The summed E-state index contributed by atoms with van der Waals surface area (Å²) in [4.78, 5) is 21.4. The maximum atomic E-state index is 10.9. The van der Waals surface area contributed by atoms with Gasteiger partial charge in [-0.3, -0.25) is 0 Å². The van der Waals surface area contributed by atoms with E-state index in [1.165, 1.54) is 11.9 Å². The molecule has 1 fully saturated rings. The molecule has 5 nitrogen and oxygen atoms in total. The summed E-state index contributed by atoms with van der Waals surface area (Å²) in [7, 11) is 0. The minimum Gasteiger partial charge on any atom is -0.478 e. The zero-order valence-corrected chi connectivity index (χ0v) is 10.5. The third kappa shape index (κ3) is 2.88. The number of aromatic carboxylic acids is 1. The van der Waals surface area contributed by atoms with Gasteiger partial charge in [0, 0.05) is 25.0 Å². The van der Waals surface area contributed by atoms with E-state index in [0.29, 0.717) is 11.6 Å². The molecule has 0 saturated carbocycles. The van der Waals surface area contributed by atoms with Crippen molar-refractivity contribution >= 4 is 23.7 Å². The van der Waals surface area contributed by atoms with Gasteiger partial charge in [0.15, 0.2) is 0 Å². The highest BCUT2D eigenvalue weighted by Crippen LogP contribution is 2.16. The van der Waals surface area contributed by atoms with Gasteiger partial charge in [-0.05, 0) is 19.1 Å². The molecule has 1 aliphatic heterocycles. The van der Waals surface area contributed by atoms with Crippen LogP contribution in [-0.4, -0.2) is 45.6 Å². The van der Waals surface area contributed by atoms with Crippen molar-refractivity contribution in [3.8, 4) is 0 Å². The summed E-state index contributed by atoms with van der Waals surface area (Å²) < 4.78 is 0. The predicted octanol–water partition coefficient (Wildman–Crippen LogP) is 1.43. The number of carbonyl (C=O) groups is 1. The first-order chi connectivity index (χ1) is 8.18. The zero-order valence-electron chi connectivity index (χ0n) is 9.72. The van der Waals surface area contributed by atoms with Crippen LogP contribution in [0.2, 0.25) is 0 Å². The molecule has 17 heavy (non-hydrogen) atoms. The number of aromatic nitrogens is 2. The number of carboxylic acids is 1. The van der Waals surface area contributed by atoms with Crippen LogP contribution in [0.25, 0.3) is 0 Å². The fourth-order valence-corrected chi connectivity index (χ4v) is 2.65. The van der Waals surface area contributed by atoms with Crippen LogP contribution in [0.15, 0.2) is 6.20 Å². The first-order valence-corrected chi connectivity index (χ1v) is 6.73. The lowest BCUT2D eigenvalue weighted by Crippen LogP contribution is -2.28. The van der Waals surface area contributed by atoms with Gasteiger partial charge in [0.2, 0.25) is 5.95 Å². The summed E-state index contributed by atoms with van der Waals surface area (Å²) >= 11 is 1.94. The van der Waals surface area contributed by atoms with Crippen LogP contribution in [-0.2, 0) is 0 Å². The normalized spacial score (nSPS) is 16.6. The monoisotopic (exact) mass is 253 g/mol. The Bertz CT molecular complexity index is 417. The Morgan fingerprint density at radius 2 is 2.29 bits per heavy atom. The number of thioether (sulfide) groups is 1. The molecular weight excluding hydrogens is 238 g/mol. The number of carboxylic acid groups (broad SMARTS) is 1. The number of anilines is 1. The molecule has 1 aliphatic rings. The molecule has 0 radical (unpaired) electrons. The second kappa shape index (κ2) is 5.35. The van der Waals surface area contributed by atoms with E-state index >= 15 is 0 Å². The van der Waals surface area contributed by atoms with E-state index in [-0.39, 0.29) is 5.56 Å². The lowest BCUT2D eigenvalue weighted by molar-refractivity contribution is 0.0695. The molecule has 0 aromatic carbocycles. The molecule has 1 aromatic heterocycles. The van der Waals surface area contributed by atoms with Gasteiger partial charge in [-0.15, -0.1) is 0 Å². The highest BCUT2D eigenvalue weighted by molar-refractivity contribution is 7.99. The SMILES string of the molecule is Cc1nc(N2CCCSCC2)ncc1C(=O)O. The molecule has 0 unspecified atom stereocenters. The second-order valence-electron chi connectivity index (χ2n) is 3.93. The predicted molar refractivity (Wildman–Crippen MR) is 67.9 cm³/mol. The van der Waals surface area contributed by atoms with Gasteiger partial charge in [0.05, 0.1) is 11.3 Å². The summed E-state index contributed by atoms with van der Waals surface area (Å²) in [6.07, 6.45) is 2.52. The van der Waals surface area contributed by atoms with Gasteiger partial charge in [0.1, 0.15) is 0 Å². The maximum Gasteiger partial charge on any atom is 0.339 e. The molecule has 1 aromatic rings. The molecule has 6 heteroatoms. The van der Waals surface area contributed by atoms with E-state index in [9.17, 15) is 4.79 Å². The molecule has 0 atom stereocenters. The number of nitrogens with zero attached hydrogens (tertiary/aromatic N) is 3. The quantitative estimate of drug-likeness (QED) is 0.860. The molecule has 2 rings (SSSR count). The number of aryl methyl sites for hydroxylation is 1. The first-order valence-electron chi connectivity index (χ1n) is 5.58. The minimum atomic E-state index is -0.972. The zero-order chi connectivity index (χ0) is 12.3. The molecule has 1 saturated heterocycles. The van der Waals surface area contributed by atoms with Crippen molar-refractivity contribution in [2.75, 3.05) is 29.5 Å². The van der Waals surface area contributed by atoms with Crippen molar-refractivity contribution in [2.24, 2.45) is 0 Å². The Hall–Kier alpha value is -1.30. The third-order valence-corrected chi connectivity index (χ3v) is 3.75. The third-order valence-electron chi connectivity index (χ3n) is 2.70. The standard InChI is InChI=1S/C11H15N3O2S/c1-8-9(10(15)16)7-12-11(13-8)14-3-2-5-17-6-4-14/h7H,2-6H2,1H3,(H,15,16). The Morgan fingerprint density at radius 3 is 3.00 bits per heavy atom. The van der Waals surface area contributed by atoms with Crippen LogP contribution in [0, 0.1) is 6.92 Å². The van der Waals surface area contributed by atoms with E-state index in [1.54, 1.807) is 6.92 Å². The van der Waals surface area contributed by atoms with Gasteiger partial charge in [0.25, 0.3) is 0 Å². The lowest BCUT2D eigenvalue weighted by atomic mass is 10.2. The van der Waals surface area contributed by atoms with Crippen molar-refractivity contribution in [3.63, 3.8) is 0 Å². The van der Waals surface area contributed by atoms with E-state index in [2.05, 4.69) is 14.9 Å². The van der Waals surface area contributed by atoms with Gasteiger partial charge < -0.3 is 10.0 Å². The number of hydrogen-bond acceptors (Lipinski definition) is 5. The Morgan fingerprint density at radius 1 is 1.47 bits per heavy atom. The van der Waals surface area contributed by atoms with Gasteiger partial charge in [-0.1, -0.05) is 0 Å². The Labute approximate surface area is 104 Å². The van der Waals surface area contributed by atoms with Crippen LogP contribution in [0.4, 0.5) is 5.95 Å². The van der Waals surface area contributed by atoms with E-state index in [4.69, 9.17) is 5.11 Å². The average molecular weight is 253 g/mol. The Balaban J connectivity index is 2.21. The average Bonchev–Trinajstić information content (AvgIpc) is 2.56. The molecule has 1 N–H and O–H groups in total. The lowest BCUT2D eigenvalue weighted by Gasteiger charge is -2.20. The van der Waals surface area contributed by atoms with Crippen LogP contribution < -0.4 is 4.90 Å². The van der Waals surface area contributed by atoms with E-state index in [0.717, 1.165) is 25.3 Å². The van der Waals surface area contributed by atoms with Crippen molar-refractivity contribution < 1.29 is 9.90 Å². The van der Waals surface area contributed by atoms with Crippen LogP contribution in [0.5, 0.6) is 0 Å². The fraction of sp³-hybridized carbons (Fsp3) is 0.545. The first kappa shape index (κ1) is 12.2. The largest absolute Gasteiger partial charge is 0.478 e. The number of hydrogen-bond donors (Lipinski definition) is 1. The summed E-state index contributed by atoms with van der Waals surface area (Å²) in [6, 6.07) is 0. The maximum absolute atomic E-state index is 10.9. The van der Waals surface area contributed by atoms with Crippen LogP contribution >= 0.6 is 11.8 Å². The Kier molecular flexibility index (Phi) is 3.83. The van der Waals surface area contributed by atoms with Gasteiger partial charge >= 0.3 is 5.97 Å². The molecule has 2 heterocycles. The van der Waals surface area contributed by atoms with Crippen molar-refractivity contribution in [2.45, 2.75) is 13.3 Å². The molecular formula is C11H15N3O2S. The minimum absolute atomic E-state index is 0.179. The number of rotatable bonds is 2. The van der Waals surface area contributed by atoms with Crippen molar-refractivity contribution in [3.05, 3.63) is 17.5 Å². The van der Waals surface area contributed by atoms with Crippen molar-refractivity contribution in [1.29, 1.82) is 0 Å².